The van der Waals surface area contributed by atoms with E-state index in [0.717, 1.165) is 4.90 Å². The molecule has 0 aromatic carbocycles. The average molecular weight is 250 g/mol. The van der Waals surface area contributed by atoms with Gasteiger partial charge in [0.05, 0.1) is 10.5 Å². The topological polar surface area (TPSA) is 46.4 Å². The Morgan fingerprint density at radius 2 is 2.00 bits per heavy atom. The molecular formula is C10H13F3N2O2. The first-order chi connectivity index (χ1) is 7.66. The van der Waals surface area contributed by atoms with Crippen molar-refractivity contribution >= 4 is 0 Å². The van der Waals surface area contributed by atoms with Crippen LogP contribution >= 0.6 is 0 Å². The third-order valence-electron chi connectivity index (χ3n) is 2.60. The van der Waals surface area contributed by atoms with Gasteiger partial charge in [0.25, 0.3) is 5.70 Å². The largest absolute Gasteiger partial charge is 0.415 e. The summed E-state index contributed by atoms with van der Waals surface area (Å²) in [5, 5.41) is 10.8. The second kappa shape index (κ2) is 4.38. The summed E-state index contributed by atoms with van der Waals surface area (Å²) in [7, 11) is 2.74. The first-order valence-corrected chi connectivity index (χ1v) is 4.99. The van der Waals surface area contributed by atoms with E-state index in [4.69, 9.17) is 0 Å². The van der Waals surface area contributed by atoms with E-state index >= 15 is 0 Å². The maximum atomic E-state index is 12.9. The summed E-state index contributed by atoms with van der Waals surface area (Å²) >= 11 is 0. The van der Waals surface area contributed by atoms with E-state index in [1.165, 1.54) is 27.1 Å². The average Bonchev–Trinajstić information content (AvgIpc) is 2.14. The third-order valence-corrected chi connectivity index (χ3v) is 2.60. The normalized spacial score (nSPS) is 21.3. The monoisotopic (exact) mass is 250 g/mol. The number of likely N-dealkylation sites (N-methyl/N-ethyl adjacent to an activating group) is 1. The minimum absolute atomic E-state index is 0.0303. The Bertz CT molecular complexity index is 397. The Kier molecular flexibility index (Phi) is 3.49. The van der Waals surface area contributed by atoms with Crippen LogP contribution in [-0.4, -0.2) is 30.1 Å². The third kappa shape index (κ3) is 2.59. The molecule has 17 heavy (non-hydrogen) atoms. The van der Waals surface area contributed by atoms with Gasteiger partial charge in [-0.15, -0.1) is 0 Å². The highest BCUT2D eigenvalue weighted by Crippen LogP contribution is 2.41. The van der Waals surface area contributed by atoms with Crippen LogP contribution in [0, 0.1) is 16.0 Å². The SMILES string of the molecule is CC1CC=C([N+](=O)[O-])C(N(C)C)=C1C(F)(F)F. The van der Waals surface area contributed by atoms with Crippen LogP contribution in [0.5, 0.6) is 0 Å². The standard InChI is InChI=1S/C10H13F3N2O2/c1-6-4-5-7(15(16)17)9(14(2)3)8(6)10(11,12)13/h5-6H,4H2,1-3H3. The summed E-state index contributed by atoms with van der Waals surface area (Å²) in [6, 6.07) is 0. The van der Waals surface area contributed by atoms with Gasteiger partial charge in [-0.05, 0) is 18.4 Å². The molecule has 0 saturated heterocycles. The van der Waals surface area contributed by atoms with Gasteiger partial charge >= 0.3 is 6.18 Å². The van der Waals surface area contributed by atoms with Gasteiger partial charge in [0, 0.05) is 14.1 Å². The van der Waals surface area contributed by atoms with Crippen molar-refractivity contribution in [3.63, 3.8) is 0 Å². The fraction of sp³-hybridized carbons (Fsp3) is 0.600. The van der Waals surface area contributed by atoms with E-state index in [0.29, 0.717) is 0 Å². The van der Waals surface area contributed by atoms with Crippen molar-refractivity contribution < 1.29 is 18.1 Å². The molecule has 1 rings (SSSR count). The molecule has 0 fully saturated rings. The van der Waals surface area contributed by atoms with Gasteiger partial charge in [0.2, 0.25) is 0 Å². The van der Waals surface area contributed by atoms with Gasteiger partial charge in [-0.3, -0.25) is 10.1 Å². The maximum absolute atomic E-state index is 12.9. The van der Waals surface area contributed by atoms with Crippen LogP contribution < -0.4 is 0 Å². The highest BCUT2D eigenvalue weighted by molar-refractivity contribution is 5.36. The van der Waals surface area contributed by atoms with Crippen molar-refractivity contribution in [2.45, 2.75) is 19.5 Å². The molecule has 1 aliphatic rings. The molecule has 1 atom stereocenters. The van der Waals surface area contributed by atoms with E-state index < -0.39 is 28.3 Å². The predicted molar refractivity (Wildman–Crippen MR) is 55.6 cm³/mol. The second-order valence-electron chi connectivity index (χ2n) is 4.14. The number of nitrogens with zero attached hydrogens (tertiary/aromatic N) is 2. The number of allylic oxidation sites excluding steroid dienone is 2. The van der Waals surface area contributed by atoms with Crippen molar-refractivity contribution in [1.82, 2.24) is 4.90 Å². The lowest BCUT2D eigenvalue weighted by Crippen LogP contribution is -2.30. The Labute approximate surface area is 96.5 Å². The smallest absolute Gasteiger partial charge is 0.372 e. The Hall–Kier alpha value is -1.53. The van der Waals surface area contributed by atoms with Gasteiger partial charge in [0.15, 0.2) is 0 Å². The van der Waals surface area contributed by atoms with Crippen LogP contribution in [-0.2, 0) is 0 Å². The molecular weight excluding hydrogens is 237 g/mol. The zero-order valence-electron chi connectivity index (χ0n) is 9.71. The Morgan fingerprint density at radius 3 is 2.35 bits per heavy atom. The molecule has 7 heteroatoms. The fourth-order valence-electron chi connectivity index (χ4n) is 1.92. The summed E-state index contributed by atoms with van der Waals surface area (Å²) in [4.78, 5) is 11.1. The zero-order chi connectivity index (χ0) is 13.4. The number of hydrogen-bond donors (Lipinski definition) is 0. The molecule has 0 heterocycles. The molecule has 0 aliphatic heterocycles. The van der Waals surface area contributed by atoms with E-state index in [1.54, 1.807) is 0 Å². The number of nitro groups is 1. The molecule has 0 bridgehead atoms. The van der Waals surface area contributed by atoms with Crippen molar-refractivity contribution in [3.05, 3.63) is 33.2 Å². The molecule has 1 aliphatic carbocycles. The molecule has 0 saturated carbocycles. The van der Waals surface area contributed by atoms with E-state index in [1.807, 2.05) is 0 Å². The molecule has 1 unspecified atom stereocenters. The molecule has 0 N–H and O–H groups in total. The van der Waals surface area contributed by atoms with Gasteiger partial charge in [-0.2, -0.15) is 13.2 Å². The van der Waals surface area contributed by atoms with Gasteiger partial charge in [0.1, 0.15) is 5.70 Å². The molecule has 0 spiro atoms. The van der Waals surface area contributed by atoms with Gasteiger partial charge in [-0.1, -0.05) is 6.92 Å². The summed E-state index contributed by atoms with van der Waals surface area (Å²) in [6.07, 6.45) is -3.27. The first-order valence-electron chi connectivity index (χ1n) is 4.99. The molecule has 0 aromatic rings. The molecule has 0 radical (unpaired) electrons. The molecule has 4 nitrogen and oxygen atoms in total. The molecule has 0 aromatic heterocycles. The zero-order valence-corrected chi connectivity index (χ0v) is 9.71. The number of rotatable bonds is 2. The van der Waals surface area contributed by atoms with E-state index in [-0.39, 0.29) is 12.1 Å². The van der Waals surface area contributed by atoms with E-state index in [9.17, 15) is 23.3 Å². The molecule has 96 valence electrons. The van der Waals surface area contributed by atoms with Crippen LogP contribution in [0.4, 0.5) is 13.2 Å². The van der Waals surface area contributed by atoms with E-state index in [2.05, 4.69) is 0 Å². The predicted octanol–water partition coefficient (Wildman–Crippen LogP) is 2.56. The Morgan fingerprint density at radius 1 is 1.47 bits per heavy atom. The summed E-state index contributed by atoms with van der Waals surface area (Å²) in [5.74, 6) is -0.768. The maximum Gasteiger partial charge on any atom is 0.415 e. The second-order valence-corrected chi connectivity index (χ2v) is 4.14. The van der Waals surface area contributed by atoms with Crippen molar-refractivity contribution in [3.8, 4) is 0 Å². The lowest BCUT2D eigenvalue weighted by atomic mass is 9.89. The van der Waals surface area contributed by atoms with Crippen LogP contribution in [0.2, 0.25) is 0 Å². The Balaban J connectivity index is 3.44. The minimum atomic E-state index is -4.55. The first kappa shape index (κ1) is 13.5. The van der Waals surface area contributed by atoms with Crippen molar-refractivity contribution in [2.75, 3.05) is 14.1 Å². The van der Waals surface area contributed by atoms with Crippen LogP contribution in [0.25, 0.3) is 0 Å². The minimum Gasteiger partial charge on any atom is -0.372 e. The van der Waals surface area contributed by atoms with Crippen LogP contribution in [0.1, 0.15) is 13.3 Å². The van der Waals surface area contributed by atoms with Gasteiger partial charge < -0.3 is 4.90 Å². The number of halogens is 3. The summed E-state index contributed by atoms with van der Waals surface area (Å²) < 4.78 is 38.7. The fourth-order valence-corrected chi connectivity index (χ4v) is 1.92. The molecule has 0 amide bonds. The summed E-state index contributed by atoms with van der Waals surface area (Å²) in [6.45, 7) is 1.42. The van der Waals surface area contributed by atoms with Crippen molar-refractivity contribution in [2.24, 2.45) is 5.92 Å². The number of alkyl halides is 3. The van der Waals surface area contributed by atoms with Crippen LogP contribution in [0.3, 0.4) is 0 Å². The summed E-state index contributed by atoms with van der Waals surface area (Å²) in [5.41, 5.74) is -1.64. The van der Waals surface area contributed by atoms with Gasteiger partial charge in [-0.25, -0.2) is 0 Å². The van der Waals surface area contributed by atoms with Crippen LogP contribution in [0.15, 0.2) is 23.0 Å². The number of hydrogen-bond acceptors (Lipinski definition) is 3. The highest BCUT2D eigenvalue weighted by atomic mass is 19.4. The lowest BCUT2D eigenvalue weighted by molar-refractivity contribution is -0.423. The lowest BCUT2D eigenvalue weighted by Gasteiger charge is -2.28. The highest BCUT2D eigenvalue weighted by Gasteiger charge is 2.44. The quantitative estimate of drug-likeness (QED) is 0.559. The van der Waals surface area contributed by atoms with Crippen molar-refractivity contribution in [1.29, 1.82) is 0 Å².